The van der Waals surface area contributed by atoms with E-state index in [1.807, 2.05) is 0 Å². The van der Waals surface area contributed by atoms with Gasteiger partial charge < -0.3 is 0 Å². The molecular weight excluding hydrogens is 950 g/mol. The summed E-state index contributed by atoms with van der Waals surface area (Å²) >= 11 is 0. The third-order valence-corrected chi connectivity index (χ3v) is 16.5. The molecule has 0 radical (unpaired) electrons. The first-order valence-electron chi connectivity index (χ1n) is 19.2. The Kier molecular flexibility index (Phi) is 17.3. The summed E-state index contributed by atoms with van der Waals surface area (Å²) in [5, 5.41) is 12.6. The van der Waals surface area contributed by atoms with Gasteiger partial charge in [0.15, 0.2) is 0 Å². The van der Waals surface area contributed by atoms with E-state index in [4.69, 9.17) is 0 Å². The second kappa shape index (κ2) is 23.5. The molecule has 0 atom stereocenters. The second-order valence-electron chi connectivity index (χ2n) is 13.0. The molecule has 9 aromatic rings. The Morgan fingerprint density at radius 1 is 0.138 bits per heavy atom. The number of benzene rings is 9. The molecule has 9 rings (SSSR count). The van der Waals surface area contributed by atoms with Gasteiger partial charge in [0.1, 0.15) is 0 Å². The minimum Gasteiger partial charge on any atom is -0.0622 e. The number of hydrogen-bond acceptors (Lipinski definition) is 0. The largest absolute Gasteiger partial charge is 0.0622 e. The van der Waals surface area contributed by atoms with Gasteiger partial charge in [0.05, 0.1) is 0 Å². The van der Waals surface area contributed by atoms with Gasteiger partial charge in [-0.1, -0.05) is 273 Å². The molecule has 0 aromatic heterocycles. The van der Waals surface area contributed by atoms with Crippen molar-refractivity contribution in [3.05, 3.63) is 273 Å². The first kappa shape index (κ1) is 42.8. The monoisotopic (exact) mass is 998 g/mol. The van der Waals surface area contributed by atoms with Crippen LogP contribution in [0.2, 0.25) is 0 Å². The van der Waals surface area contributed by atoms with Crippen molar-refractivity contribution in [2.75, 3.05) is 0 Å². The van der Waals surface area contributed by atoms with Crippen LogP contribution in [0, 0.1) is 0 Å². The molecule has 0 saturated heterocycles. The third-order valence-electron chi connectivity index (χ3n) is 9.13. The van der Waals surface area contributed by atoms with Gasteiger partial charge in [-0.15, -0.1) is 0 Å². The fourth-order valence-electron chi connectivity index (χ4n) is 6.54. The summed E-state index contributed by atoms with van der Waals surface area (Å²) in [4.78, 5) is 0. The molecular formula is C54H48BiP3. The van der Waals surface area contributed by atoms with E-state index < -0.39 is 23.8 Å². The molecule has 0 N–H and O–H groups in total. The van der Waals surface area contributed by atoms with Crippen molar-refractivity contribution in [1.82, 2.24) is 0 Å². The molecule has 0 bridgehead atoms. The van der Waals surface area contributed by atoms with Crippen molar-refractivity contribution in [2.24, 2.45) is 0 Å². The minimum absolute atomic E-state index is 0. The van der Waals surface area contributed by atoms with E-state index in [0.29, 0.717) is 0 Å². The zero-order chi connectivity index (χ0) is 38.7. The molecule has 0 amide bonds. The van der Waals surface area contributed by atoms with E-state index in [9.17, 15) is 0 Å². The van der Waals surface area contributed by atoms with Crippen molar-refractivity contribution < 1.29 is 0 Å². The van der Waals surface area contributed by atoms with Crippen LogP contribution in [0.5, 0.6) is 0 Å². The van der Waals surface area contributed by atoms with Crippen LogP contribution in [0.4, 0.5) is 0 Å². The van der Waals surface area contributed by atoms with E-state index in [0.717, 1.165) is 0 Å². The van der Waals surface area contributed by atoms with Crippen LogP contribution in [0.15, 0.2) is 273 Å². The molecule has 0 heterocycles. The molecule has 9 aromatic carbocycles. The van der Waals surface area contributed by atoms with E-state index >= 15 is 0 Å². The van der Waals surface area contributed by atoms with Gasteiger partial charge >= 0.3 is 26.2 Å². The predicted octanol–water partition coefficient (Wildman–Crippen LogP) is 9.15. The second-order valence-corrected chi connectivity index (χ2v) is 19.7. The van der Waals surface area contributed by atoms with Crippen LogP contribution in [0.1, 0.15) is 0 Å². The predicted molar refractivity (Wildman–Crippen MR) is 265 cm³/mol. The van der Waals surface area contributed by atoms with Crippen LogP contribution in [0.25, 0.3) is 0 Å². The zero-order valence-electron chi connectivity index (χ0n) is 32.5. The maximum Gasteiger partial charge on any atom is -0.0134 e. The van der Waals surface area contributed by atoms with Crippen molar-refractivity contribution in [3.63, 3.8) is 0 Å². The Morgan fingerprint density at radius 2 is 0.224 bits per heavy atom. The SMILES string of the molecule is [BiH3].c1ccc(P(c2ccccc2)c2ccccc2)cc1.c1ccc(P(c2ccccc2)c2ccccc2)cc1.c1ccc(P(c2ccccc2)c2ccccc2)cc1. The van der Waals surface area contributed by atoms with Gasteiger partial charge in [0, 0.05) is 0 Å². The first-order valence-corrected chi connectivity index (χ1v) is 23.2. The Hall–Kier alpha value is -4.85. The Bertz CT molecular complexity index is 1860. The molecule has 0 aliphatic carbocycles. The normalized spacial score (nSPS) is 10.4. The van der Waals surface area contributed by atoms with Gasteiger partial charge in [0.25, 0.3) is 0 Å². The van der Waals surface area contributed by atoms with Crippen molar-refractivity contribution in [2.45, 2.75) is 0 Å². The topological polar surface area (TPSA) is 0 Å². The van der Waals surface area contributed by atoms with E-state index in [1.165, 1.54) is 47.7 Å². The Balaban J connectivity index is 0.000000145. The van der Waals surface area contributed by atoms with Crippen LogP contribution >= 0.6 is 23.8 Å². The minimum atomic E-state index is -0.446. The fraction of sp³-hybridized carbons (Fsp3) is 0. The molecule has 284 valence electrons. The van der Waals surface area contributed by atoms with E-state index in [-0.39, 0.29) is 26.2 Å². The number of hydrogen-bond donors (Lipinski definition) is 0. The maximum atomic E-state index is 2.23. The zero-order valence-corrected chi connectivity index (χ0v) is 40.7. The van der Waals surface area contributed by atoms with Crippen molar-refractivity contribution in [3.8, 4) is 0 Å². The standard InChI is InChI=1S/3C18H15P.Bi.3H/c3*1-4-10-16(11-5-1)19(17-12-6-2-7-13-17)18-14-8-3-9-15-18;;;;/h3*1-15H;;;;. The van der Waals surface area contributed by atoms with E-state index in [1.54, 1.807) is 0 Å². The quantitative estimate of drug-likeness (QED) is 0.100. The summed E-state index contributed by atoms with van der Waals surface area (Å²) in [5.74, 6) is 0. The van der Waals surface area contributed by atoms with Gasteiger partial charge in [-0.05, 0) is 71.5 Å². The van der Waals surface area contributed by atoms with Crippen molar-refractivity contribution >= 4 is 97.7 Å². The molecule has 0 fully saturated rings. The third kappa shape index (κ3) is 12.1. The number of rotatable bonds is 9. The maximum absolute atomic E-state index is 2.23. The first-order chi connectivity index (χ1) is 28.3. The molecule has 58 heavy (non-hydrogen) atoms. The van der Waals surface area contributed by atoms with Gasteiger partial charge in [-0.2, -0.15) is 0 Å². The average molecular weight is 999 g/mol. The summed E-state index contributed by atoms with van der Waals surface area (Å²) in [6, 6.07) is 97.0. The smallest absolute Gasteiger partial charge is 0.0134 e. The van der Waals surface area contributed by atoms with E-state index in [2.05, 4.69) is 273 Å². The molecule has 0 saturated carbocycles. The summed E-state index contributed by atoms with van der Waals surface area (Å²) < 4.78 is 0. The summed E-state index contributed by atoms with van der Waals surface area (Å²) in [6.45, 7) is 0. The van der Waals surface area contributed by atoms with Crippen LogP contribution in [-0.2, 0) is 0 Å². The Labute approximate surface area is 368 Å². The molecule has 0 nitrogen and oxygen atoms in total. The summed E-state index contributed by atoms with van der Waals surface area (Å²) in [5.41, 5.74) is 0. The average Bonchev–Trinajstić information content (AvgIpc) is 3.30. The molecule has 0 unspecified atom stereocenters. The van der Waals surface area contributed by atoms with Gasteiger partial charge in [0.2, 0.25) is 0 Å². The van der Waals surface area contributed by atoms with Crippen LogP contribution in [0.3, 0.4) is 0 Å². The molecule has 4 heteroatoms. The summed E-state index contributed by atoms with van der Waals surface area (Å²) in [6.07, 6.45) is 0. The molecule has 0 spiro atoms. The molecule has 0 aliphatic heterocycles. The van der Waals surface area contributed by atoms with Crippen molar-refractivity contribution in [1.29, 1.82) is 0 Å². The molecule has 0 aliphatic rings. The fourth-order valence-corrected chi connectivity index (χ4v) is 13.5. The van der Waals surface area contributed by atoms with Gasteiger partial charge in [-0.25, -0.2) is 0 Å². The van der Waals surface area contributed by atoms with Crippen LogP contribution in [-0.4, -0.2) is 26.2 Å². The van der Waals surface area contributed by atoms with Crippen LogP contribution < -0.4 is 47.7 Å². The summed E-state index contributed by atoms with van der Waals surface area (Å²) in [7, 11) is -1.34. The van der Waals surface area contributed by atoms with Gasteiger partial charge in [-0.3, -0.25) is 0 Å². The Morgan fingerprint density at radius 3 is 0.310 bits per heavy atom.